The molecular weight excluding hydrogens is 390 g/mol. The Bertz CT molecular complexity index is 873. The lowest BCUT2D eigenvalue weighted by Gasteiger charge is -2.07. The summed E-state index contributed by atoms with van der Waals surface area (Å²) < 4.78 is 30.5. The molecule has 2 aromatic heterocycles. The average molecular weight is 403 g/mol. The van der Waals surface area contributed by atoms with E-state index in [4.69, 9.17) is 5.73 Å². The minimum atomic E-state index is -3.79. The van der Waals surface area contributed by atoms with Crippen LogP contribution in [-0.2, 0) is 24.3 Å². The fourth-order valence-corrected chi connectivity index (χ4v) is 4.42. The van der Waals surface area contributed by atoms with Crippen molar-refractivity contribution in [2.45, 2.75) is 4.21 Å². The summed E-state index contributed by atoms with van der Waals surface area (Å²) in [4.78, 5) is 34.4. The largest absolute Gasteiger partial charge is 0.455 e. The van der Waals surface area contributed by atoms with Crippen LogP contribution in [0.3, 0.4) is 0 Å². The van der Waals surface area contributed by atoms with Gasteiger partial charge in [-0.15, -0.1) is 22.7 Å². The molecule has 12 heteroatoms. The minimum absolute atomic E-state index is 0.0646. The van der Waals surface area contributed by atoms with Gasteiger partial charge in [-0.05, 0) is 22.9 Å². The summed E-state index contributed by atoms with van der Waals surface area (Å²) in [5.74, 6) is -2.30. The Labute approximate surface area is 150 Å². The van der Waals surface area contributed by atoms with Gasteiger partial charge in [0.25, 0.3) is 21.8 Å². The standard InChI is InChI=1S/C13H13N3O6S3/c14-12(19)8-3-5-24-13(8)16-9(17)7-22-10(18)6-15-25(20,21)11-2-1-4-23-11/h1-5,15H,6-7H2,(H2,14,19)(H,16,17). The lowest BCUT2D eigenvalue weighted by Crippen LogP contribution is -2.32. The summed E-state index contributed by atoms with van der Waals surface area (Å²) in [7, 11) is -3.79. The van der Waals surface area contributed by atoms with Gasteiger partial charge in [-0.2, -0.15) is 4.72 Å². The van der Waals surface area contributed by atoms with E-state index in [1.807, 2.05) is 0 Å². The van der Waals surface area contributed by atoms with Crippen LogP contribution in [-0.4, -0.2) is 39.4 Å². The zero-order chi connectivity index (χ0) is 18.4. The second-order valence-electron chi connectivity index (χ2n) is 4.49. The van der Waals surface area contributed by atoms with Crippen LogP contribution >= 0.6 is 22.7 Å². The molecule has 2 rings (SSSR count). The fourth-order valence-electron chi connectivity index (χ4n) is 1.60. The Morgan fingerprint density at radius 1 is 1.16 bits per heavy atom. The molecule has 0 spiro atoms. The molecule has 0 atom stereocenters. The van der Waals surface area contributed by atoms with Gasteiger partial charge in [-0.3, -0.25) is 14.4 Å². The highest BCUT2D eigenvalue weighted by molar-refractivity contribution is 7.91. The maximum atomic E-state index is 11.8. The van der Waals surface area contributed by atoms with Crippen molar-refractivity contribution in [2.75, 3.05) is 18.5 Å². The van der Waals surface area contributed by atoms with Gasteiger partial charge in [0, 0.05) is 0 Å². The quantitative estimate of drug-likeness (QED) is 0.543. The molecule has 0 aromatic carbocycles. The maximum Gasteiger partial charge on any atom is 0.321 e. The van der Waals surface area contributed by atoms with Gasteiger partial charge in [0.1, 0.15) is 15.8 Å². The van der Waals surface area contributed by atoms with Gasteiger partial charge in [-0.1, -0.05) is 6.07 Å². The number of thiophene rings is 2. The second-order valence-corrected chi connectivity index (χ2v) is 8.35. The number of rotatable bonds is 8. The third-order valence-electron chi connectivity index (χ3n) is 2.71. The third-order valence-corrected chi connectivity index (χ3v) is 6.34. The van der Waals surface area contributed by atoms with E-state index in [9.17, 15) is 22.8 Å². The summed E-state index contributed by atoms with van der Waals surface area (Å²) in [6.45, 7) is -1.24. The van der Waals surface area contributed by atoms with Crippen LogP contribution in [0, 0.1) is 0 Å². The number of carbonyl (C=O) groups is 3. The molecule has 0 radical (unpaired) electrons. The molecule has 134 valence electrons. The Hall–Kier alpha value is -2.28. The monoisotopic (exact) mass is 403 g/mol. The number of nitrogens with one attached hydrogen (secondary N) is 2. The first kappa shape index (κ1) is 19.1. The summed E-state index contributed by atoms with van der Waals surface area (Å²) in [6, 6.07) is 4.41. The number of ether oxygens (including phenoxy) is 1. The molecular formula is C13H13N3O6S3. The van der Waals surface area contributed by atoms with Crippen LogP contribution < -0.4 is 15.8 Å². The molecule has 0 aliphatic heterocycles. The second kappa shape index (κ2) is 8.20. The van der Waals surface area contributed by atoms with Crippen molar-refractivity contribution in [3.8, 4) is 0 Å². The van der Waals surface area contributed by atoms with Gasteiger partial charge in [0.2, 0.25) is 0 Å². The number of primary amides is 1. The predicted octanol–water partition coefficient (Wildman–Crippen LogP) is 0.369. The van der Waals surface area contributed by atoms with Gasteiger partial charge in [0.05, 0.1) is 5.56 Å². The van der Waals surface area contributed by atoms with E-state index >= 15 is 0 Å². The Morgan fingerprint density at radius 3 is 2.56 bits per heavy atom. The lowest BCUT2D eigenvalue weighted by molar-refractivity contribution is -0.146. The van der Waals surface area contributed by atoms with Crippen molar-refractivity contribution in [3.63, 3.8) is 0 Å². The maximum absolute atomic E-state index is 11.8. The van der Waals surface area contributed by atoms with E-state index in [1.54, 1.807) is 16.8 Å². The van der Waals surface area contributed by atoms with E-state index in [0.717, 1.165) is 22.7 Å². The molecule has 0 aliphatic rings. The highest BCUT2D eigenvalue weighted by Gasteiger charge is 2.18. The normalized spacial score (nSPS) is 11.0. The van der Waals surface area contributed by atoms with Crippen molar-refractivity contribution >= 4 is 55.5 Å². The average Bonchev–Trinajstić information content (AvgIpc) is 3.22. The Balaban J connectivity index is 1.79. The highest BCUT2D eigenvalue weighted by Crippen LogP contribution is 2.22. The van der Waals surface area contributed by atoms with Crippen LogP contribution in [0.2, 0.25) is 0 Å². The lowest BCUT2D eigenvalue weighted by atomic mass is 10.3. The summed E-state index contributed by atoms with van der Waals surface area (Å²) in [5, 5.41) is 5.78. The molecule has 9 nitrogen and oxygen atoms in total. The van der Waals surface area contributed by atoms with Crippen molar-refractivity contribution < 1.29 is 27.5 Å². The number of carbonyl (C=O) groups excluding carboxylic acids is 3. The SMILES string of the molecule is NC(=O)c1ccsc1NC(=O)COC(=O)CNS(=O)(=O)c1cccs1. The first-order valence-electron chi connectivity index (χ1n) is 6.65. The first-order valence-corrected chi connectivity index (χ1v) is 9.90. The van der Waals surface area contributed by atoms with Crippen molar-refractivity contribution in [1.82, 2.24) is 4.72 Å². The van der Waals surface area contributed by atoms with Gasteiger partial charge >= 0.3 is 5.97 Å². The summed E-state index contributed by atoms with van der Waals surface area (Å²) in [6.07, 6.45) is 0. The highest BCUT2D eigenvalue weighted by atomic mass is 32.2. The zero-order valence-electron chi connectivity index (χ0n) is 12.6. The number of esters is 1. The van der Waals surface area contributed by atoms with E-state index in [2.05, 4.69) is 14.8 Å². The van der Waals surface area contributed by atoms with E-state index < -0.39 is 41.0 Å². The molecule has 4 N–H and O–H groups in total. The van der Waals surface area contributed by atoms with E-state index in [0.29, 0.717) is 0 Å². The van der Waals surface area contributed by atoms with Gasteiger partial charge in [0.15, 0.2) is 6.61 Å². The van der Waals surface area contributed by atoms with Crippen molar-refractivity contribution in [3.05, 3.63) is 34.5 Å². The molecule has 2 aromatic rings. The number of amides is 2. The van der Waals surface area contributed by atoms with Crippen molar-refractivity contribution in [1.29, 1.82) is 0 Å². The fraction of sp³-hybridized carbons (Fsp3) is 0.154. The molecule has 0 saturated heterocycles. The van der Waals surface area contributed by atoms with Crippen LogP contribution in [0.5, 0.6) is 0 Å². The molecule has 0 saturated carbocycles. The zero-order valence-corrected chi connectivity index (χ0v) is 15.0. The number of anilines is 1. The predicted molar refractivity (Wildman–Crippen MR) is 91.9 cm³/mol. The molecule has 0 unspecified atom stereocenters. The minimum Gasteiger partial charge on any atom is -0.455 e. The van der Waals surface area contributed by atoms with Crippen LogP contribution in [0.25, 0.3) is 0 Å². The molecule has 0 fully saturated rings. The van der Waals surface area contributed by atoms with Crippen LogP contribution in [0.1, 0.15) is 10.4 Å². The summed E-state index contributed by atoms with van der Waals surface area (Å²) in [5.41, 5.74) is 5.29. The van der Waals surface area contributed by atoms with E-state index in [-0.39, 0.29) is 14.8 Å². The molecule has 25 heavy (non-hydrogen) atoms. The number of sulfonamides is 1. The number of hydrogen-bond donors (Lipinski definition) is 3. The number of nitrogens with two attached hydrogens (primary N) is 1. The first-order chi connectivity index (χ1) is 11.8. The van der Waals surface area contributed by atoms with Crippen LogP contribution in [0.4, 0.5) is 5.00 Å². The van der Waals surface area contributed by atoms with Gasteiger partial charge < -0.3 is 15.8 Å². The summed E-state index contributed by atoms with van der Waals surface area (Å²) >= 11 is 2.09. The van der Waals surface area contributed by atoms with Crippen molar-refractivity contribution in [2.24, 2.45) is 5.73 Å². The van der Waals surface area contributed by atoms with E-state index in [1.165, 1.54) is 12.1 Å². The molecule has 2 amide bonds. The smallest absolute Gasteiger partial charge is 0.321 e. The van der Waals surface area contributed by atoms with Gasteiger partial charge in [-0.25, -0.2) is 8.42 Å². The Kier molecular flexibility index (Phi) is 6.25. The topological polar surface area (TPSA) is 145 Å². The molecule has 2 heterocycles. The third kappa shape index (κ3) is 5.35. The Morgan fingerprint density at radius 2 is 1.92 bits per heavy atom. The molecule has 0 aliphatic carbocycles. The molecule has 0 bridgehead atoms. The number of hydrogen-bond acceptors (Lipinski definition) is 8. The van der Waals surface area contributed by atoms with Crippen LogP contribution in [0.15, 0.2) is 33.2 Å².